The number of carbonyl (C=O) groups excluding carboxylic acids is 3. The van der Waals surface area contributed by atoms with Gasteiger partial charge >= 0.3 is 11.8 Å². The van der Waals surface area contributed by atoms with Crippen molar-refractivity contribution < 1.29 is 49.0 Å². The van der Waals surface area contributed by atoms with Crippen molar-refractivity contribution in [3.63, 3.8) is 0 Å². The lowest BCUT2D eigenvalue weighted by atomic mass is 9.77. The number of nitrogens with one attached hydrogen (secondary N) is 1. The zero-order chi connectivity index (χ0) is 44.2. The van der Waals surface area contributed by atoms with E-state index >= 15 is 0 Å². The van der Waals surface area contributed by atoms with Gasteiger partial charge in [0.25, 0.3) is 11.7 Å². The van der Waals surface area contributed by atoms with Gasteiger partial charge in [-0.15, -0.1) is 0 Å². The lowest BCUT2D eigenvalue weighted by Crippen LogP contribution is -2.47. The number of allylic oxidation sites excluding steroid dienone is 3. The average molecular weight is 831 g/mol. The summed E-state index contributed by atoms with van der Waals surface area (Å²) in [6.45, 7) is 21.7. The Kier molecular flexibility index (Phi) is 12.6. The summed E-state index contributed by atoms with van der Waals surface area (Å²) in [7, 11) is 0. The van der Waals surface area contributed by atoms with Crippen LogP contribution in [0.5, 0.6) is 17.2 Å². The third-order valence-electron chi connectivity index (χ3n) is 13.1. The molecule has 9 atom stereocenters. The average Bonchev–Trinajstić information content (AvgIpc) is 3.69. The molecular weight excluding hydrogens is 769 g/mol. The number of aromatic hydroxyl groups is 2. The number of piperidine rings is 1. The summed E-state index contributed by atoms with van der Waals surface area (Å²) in [5.41, 5.74) is -0.0186. The number of anilines is 1. The molecule has 1 spiro atoms. The van der Waals surface area contributed by atoms with Crippen LogP contribution >= 0.6 is 0 Å². The van der Waals surface area contributed by atoms with Gasteiger partial charge in [-0.05, 0) is 37.7 Å². The number of likely N-dealkylation sites (tertiary alicyclic amines) is 1. The summed E-state index contributed by atoms with van der Waals surface area (Å²) >= 11 is 0. The Hall–Kier alpha value is -4.79. The summed E-state index contributed by atoms with van der Waals surface area (Å²) in [5.74, 6) is -6.30. The first-order valence-corrected chi connectivity index (χ1v) is 21.2. The summed E-state index contributed by atoms with van der Waals surface area (Å²) in [6.07, 6.45) is 6.36. The number of Topliss-reactive ketones (excluding diaryl/α,β-unsaturated/α-hetero) is 1. The van der Waals surface area contributed by atoms with Crippen molar-refractivity contribution in [2.24, 2.45) is 45.5 Å². The van der Waals surface area contributed by atoms with E-state index in [1.54, 1.807) is 58.9 Å². The highest BCUT2D eigenvalue weighted by molar-refractivity contribution is 6.21. The number of phenols is 2. The fraction of sp³-hybridized carbons (Fsp3) is 0.587. The molecule has 0 saturated carbocycles. The molecule has 5 aliphatic heterocycles. The van der Waals surface area contributed by atoms with Crippen molar-refractivity contribution in [3.05, 3.63) is 58.0 Å². The molecule has 5 heterocycles. The predicted molar refractivity (Wildman–Crippen MR) is 226 cm³/mol. The van der Waals surface area contributed by atoms with Crippen LogP contribution in [0.3, 0.4) is 0 Å². The van der Waals surface area contributed by atoms with Gasteiger partial charge in [-0.25, -0.2) is 4.99 Å². The van der Waals surface area contributed by atoms with Gasteiger partial charge in [0.1, 0.15) is 34.0 Å². The molecule has 2 aromatic carbocycles. The molecule has 14 nitrogen and oxygen atoms in total. The number of rotatable bonds is 3. The molecule has 1 saturated heterocycles. The maximum atomic E-state index is 14.7. The second kappa shape index (κ2) is 16.9. The van der Waals surface area contributed by atoms with Crippen LogP contribution in [0.25, 0.3) is 10.8 Å². The summed E-state index contributed by atoms with van der Waals surface area (Å²) in [5, 5.41) is 50.5. The Morgan fingerprint density at radius 1 is 0.950 bits per heavy atom. The standard InChI is InChI=1S/C46H62N4O10/c1-22(2)21-50-18-16-46(17-19-50)48-34-31-32-39(54)29(9)42-33(31)43(56)45(11,60-42)58-20-15-23(3)26(6)41(59-30(10)51)28(8)38(53)27(7)37(52)24(4)13-12-14-25(5)44(57)47-36(40(32)55)35(34)49-46/h12-15,20,22-24,26-28,37-38,41,48,52-55H,16-19,21H2,1-11H3/b13-12+,20-15+,25-14-,47-36?/t23-,24-,26+,27+,28+,37-,38+,41+,45-/m0/s1. The number of ketones is 1. The number of esters is 1. The van der Waals surface area contributed by atoms with Crippen LogP contribution in [0, 0.1) is 42.4 Å². The van der Waals surface area contributed by atoms with Gasteiger partial charge in [0.2, 0.25) is 0 Å². The van der Waals surface area contributed by atoms with E-state index in [1.165, 1.54) is 20.1 Å². The van der Waals surface area contributed by atoms with Crippen LogP contribution in [0.1, 0.15) is 98.0 Å². The number of ether oxygens (including phenoxy) is 3. The second-order valence-electron chi connectivity index (χ2n) is 18.1. The van der Waals surface area contributed by atoms with Crippen molar-refractivity contribution >= 4 is 34.1 Å². The van der Waals surface area contributed by atoms with Crippen LogP contribution in [0.4, 0.5) is 5.69 Å². The number of hydrogen-bond acceptors (Lipinski definition) is 13. The monoisotopic (exact) mass is 830 g/mol. The van der Waals surface area contributed by atoms with E-state index in [0.717, 1.165) is 19.6 Å². The third-order valence-corrected chi connectivity index (χ3v) is 13.1. The van der Waals surface area contributed by atoms with Gasteiger partial charge in [-0.3, -0.25) is 19.4 Å². The van der Waals surface area contributed by atoms with E-state index in [0.29, 0.717) is 24.4 Å². The zero-order valence-corrected chi connectivity index (χ0v) is 36.7. The SMILES string of the molecule is CC(=O)O[C@H]1[C@H](C)[C@H](O)[C@H](C)[C@@H](O)[C@@H](C)/C=C/C=C(/C)C(=O)N=c2c(O)c3c(O)c(C)c4c(c3c3c2=NC2(CCN(CC(C)C)CC2)N3)C(=O)[C@@](C)(O/C=C/[C@H](C)[C@H]1C)O4. The first-order valence-electron chi connectivity index (χ1n) is 21.2. The number of carbonyl (C=O) groups is 3. The Balaban J connectivity index is 1.54. The molecule has 7 rings (SSSR count). The van der Waals surface area contributed by atoms with Crippen LogP contribution in [-0.2, 0) is 19.1 Å². The minimum absolute atomic E-state index is 0.0755. The number of hydrogen-bond donors (Lipinski definition) is 5. The maximum Gasteiger partial charge on any atom is 0.312 e. The van der Waals surface area contributed by atoms with Gasteiger partial charge in [-0.1, -0.05) is 66.7 Å². The first kappa shape index (κ1) is 44.8. The van der Waals surface area contributed by atoms with Crippen LogP contribution in [-0.4, -0.2) is 92.4 Å². The van der Waals surface area contributed by atoms with Crippen LogP contribution < -0.4 is 20.8 Å². The Morgan fingerprint density at radius 3 is 2.25 bits per heavy atom. The molecule has 0 aromatic heterocycles. The Bertz CT molecular complexity index is 2280. The highest BCUT2D eigenvalue weighted by Gasteiger charge is 2.50. The smallest absolute Gasteiger partial charge is 0.312 e. The Morgan fingerprint density at radius 2 is 1.62 bits per heavy atom. The van der Waals surface area contributed by atoms with E-state index in [1.807, 2.05) is 13.8 Å². The molecule has 0 radical (unpaired) electrons. The number of aliphatic hydroxyl groups excluding tert-OH is 2. The Labute approximate surface area is 351 Å². The highest BCUT2D eigenvalue weighted by atomic mass is 16.7. The number of nitrogens with zero attached hydrogens (tertiary/aromatic N) is 3. The number of benzene rings is 2. The summed E-state index contributed by atoms with van der Waals surface area (Å²) in [6, 6.07) is 0. The second-order valence-corrected chi connectivity index (χ2v) is 18.1. The minimum atomic E-state index is -1.89. The number of fused-ring (bicyclic) bond motifs is 13. The normalized spacial score (nSPS) is 33.0. The highest BCUT2D eigenvalue weighted by Crippen LogP contribution is 2.51. The summed E-state index contributed by atoms with van der Waals surface area (Å²) < 4.78 is 18.2. The van der Waals surface area contributed by atoms with Crippen LogP contribution in [0.2, 0.25) is 0 Å². The number of amides is 1. The molecule has 326 valence electrons. The molecule has 5 bridgehead atoms. The lowest BCUT2D eigenvalue weighted by molar-refractivity contribution is -0.158. The largest absolute Gasteiger partial charge is 0.507 e. The van der Waals surface area contributed by atoms with E-state index in [4.69, 9.17) is 19.2 Å². The molecule has 1 amide bonds. The number of aliphatic hydroxyl groups is 2. The van der Waals surface area contributed by atoms with Crippen molar-refractivity contribution in [1.82, 2.24) is 4.90 Å². The fourth-order valence-electron chi connectivity index (χ4n) is 9.10. The molecule has 5 N–H and O–H groups in total. The van der Waals surface area contributed by atoms with Crippen LogP contribution in [0.15, 0.2) is 46.1 Å². The summed E-state index contributed by atoms with van der Waals surface area (Å²) in [4.78, 5) is 52.8. The molecule has 1 fully saturated rings. The first-order chi connectivity index (χ1) is 28.1. The zero-order valence-electron chi connectivity index (χ0n) is 36.7. The van der Waals surface area contributed by atoms with Gasteiger partial charge in [0.05, 0.1) is 35.1 Å². The van der Waals surface area contributed by atoms with Gasteiger partial charge < -0.3 is 44.9 Å². The molecule has 14 heteroatoms. The van der Waals surface area contributed by atoms with E-state index in [-0.39, 0.29) is 61.5 Å². The number of phenolic OH excluding ortho intramolecular Hbond substituents is 2. The molecule has 5 aliphatic rings. The van der Waals surface area contributed by atoms with Gasteiger partial charge in [0.15, 0.2) is 5.75 Å². The third kappa shape index (κ3) is 8.17. The molecule has 60 heavy (non-hydrogen) atoms. The molecule has 2 aromatic rings. The molecule has 0 unspecified atom stereocenters. The fourth-order valence-corrected chi connectivity index (χ4v) is 9.10. The van der Waals surface area contributed by atoms with Crippen molar-refractivity contribution in [2.75, 3.05) is 25.0 Å². The van der Waals surface area contributed by atoms with Crippen molar-refractivity contribution in [2.45, 2.75) is 119 Å². The topological polar surface area (TPSA) is 200 Å². The molecular formula is C46H62N4O10. The van der Waals surface area contributed by atoms with Crippen molar-refractivity contribution in [3.8, 4) is 17.2 Å². The van der Waals surface area contributed by atoms with Gasteiger partial charge in [-0.2, -0.15) is 0 Å². The molecule has 0 aliphatic carbocycles. The lowest BCUT2D eigenvalue weighted by Gasteiger charge is -2.38. The maximum absolute atomic E-state index is 14.7. The van der Waals surface area contributed by atoms with Crippen molar-refractivity contribution in [1.29, 1.82) is 0 Å². The minimum Gasteiger partial charge on any atom is -0.507 e. The van der Waals surface area contributed by atoms with E-state index < -0.39 is 70.9 Å². The van der Waals surface area contributed by atoms with Gasteiger partial charge in [0, 0.05) is 80.6 Å². The predicted octanol–water partition coefficient (Wildman–Crippen LogP) is 5.37. The van der Waals surface area contributed by atoms with E-state index in [2.05, 4.69) is 29.1 Å². The quantitative estimate of drug-likeness (QED) is 0.196. The van der Waals surface area contributed by atoms with E-state index in [9.17, 15) is 34.8 Å².